The molecule has 5 rings (SSSR count). The number of rotatable bonds is 13. The van der Waals surface area contributed by atoms with Crippen LogP contribution in [0.1, 0.15) is 156 Å². The SMILES string of the molecule is CCCCCCC(C)OC1C(F)CC(C2CCC(C34CCC(CCCCC)(CC3)CC4)CC2)CC1F.O.O. The monoisotopic (exact) mass is 544 g/mol. The fourth-order valence-electron chi connectivity index (χ4n) is 9.15. The molecule has 0 aromatic heterocycles. The Bertz CT molecular complexity index is 614. The lowest BCUT2D eigenvalue weighted by atomic mass is 9.47. The van der Waals surface area contributed by atoms with Gasteiger partial charge in [0.15, 0.2) is 0 Å². The van der Waals surface area contributed by atoms with Gasteiger partial charge in [0.2, 0.25) is 0 Å². The fraction of sp³-hybridized carbons (Fsp3) is 1.00. The molecule has 3 unspecified atom stereocenters. The summed E-state index contributed by atoms with van der Waals surface area (Å²) in [6, 6.07) is 0. The van der Waals surface area contributed by atoms with Crippen molar-refractivity contribution < 1.29 is 24.5 Å². The van der Waals surface area contributed by atoms with E-state index in [0.717, 1.165) is 18.8 Å². The molecule has 0 heterocycles. The van der Waals surface area contributed by atoms with Gasteiger partial charge in [0.05, 0.1) is 6.10 Å². The van der Waals surface area contributed by atoms with Crippen molar-refractivity contribution in [1.82, 2.24) is 0 Å². The second kappa shape index (κ2) is 15.7. The molecule has 0 amide bonds. The van der Waals surface area contributed by atoms with Crippen LogP contribution in [0.5, 0.6) is 0 Å². The van der Waals surface area contributed by atoms with Gasteiger partial charge in [-0.05, 0) is 125 Å². The zero-order valence-corrected chi connectivity index (χ0v) is 25.1. The number of ether oxygens (including phenoxy) is 1. The lowest BCUT2D eigenvalue weighted by Gasteiger charge is -2.58. The first-order chi connectivity index (χ1) is 17.4. The molecule has 0 aromatic rings. The van der Waals surface area contributed by atoms with Crippen LogP contribution in [0.25, 0.3) is 0 Å². The maximum absolute atomic E-state index is 15.2. The van der Waals surface area contributed by atoms with E-state index in [1.165, 1.54) is 109 Å². The van der Waals surface area contributed by atoms with Gasteiger partial charge < -0.3 is 15.7 Å². The summed E-state index contributed by atoms with van der Waals surface area (Å²) < 4.78 is 36.3. The topological polar surface area (TPSA) is 72.2 Å². The van der Waals surface area contributed by atoms with Crippen molar-refractivity contribution in [1.29, 1.82) is 0 Å². The summed E-state index contributed by atoms with van der Waals surface area (Å²) in [5, 5.41) is 0. The van der Waals surface area contributed by atoms with E-state index in [-0.39, 0.29) is 23.0 Å². The molecule has 3 nitrogen and oxygen atoms in total. The summed E-state index contributed by atoms with van der Waals surface area (Å²) in [4.78, 5) is 0. The van der Waals surface area contributed by atoms with Crippen LogP contribution in [0, 0.1) is 28.6 Å². The van der Waals surface area contributed by atoms with E-state index >= 15 is 8.78 Å². The Kier molecular flexibility index (Phi) is 14.0. The van der Waals surface area contributed by atoms with Gasteiger partial charge in [-0.3, -0.25) is 0 Å². The standard InChI is InChI=1S/C33H58F2O.2H2O/c1-4-6-8-9-11-25(3)36-31-29(34)23-27(24-30(31)35)26-12-14-28(15-13-26)33-20-17-32(18-21-33,19-22-33)16-10-7-5-2;;/h25-31H,4-24H2,1-3H3;2*1H2. The summed E-state index contributed by atoms with van der Waals surface area (Å²) in [5.41, 5.74) is 1.30. The van der Waals surface area contributed by atoms with Crippen LogP contribution >= 0.6 is 0 Å². The predicted octanol–water partition coefficient (Wildman–Crippen LogP) is 8.89. The second-order valence-corrected chi connectivity index (χ2v) is 14.0. The number of fused-ring (bicyclic) bond motifs is 3. The number of hydrogen-bond acceptors (Lipinski definition) is 1. The zero-order chi connectivity index (χ0) is 25.6. The van der Waals surface area contributed by atoms with E-state index in [0.29, 0.717) is 29.6 Å². The molecule has 38 heavy (non-hydrogen) atoms. The van der Waals surface area contributed by atoms with E-state index in [1.54, 1.807) is 0 Å². The minimum atomic E-state index is -1.13. The van der Waals surface area contributed by atoms with Crippen molar-refractivity contribution in [2.45, 2.75) is 180 Å². The van der Waals surface area contributed by atoms with Crippen LogP contribution < -0.4 is 0 Å². The van der Waals surface area contributed by atoms with Crippen LogP contribution in [-0.4, -0.2) is 35.5 Å². The predicted molar refractivity (Wildman–Crippen MR) is 155 cm³/mol. The minimum absolute atomic E-state index is 0. The van der Waals surface area contributed by atoms with Gasteiger partial charge in [-0.25, -0.2) is 8.78 Å². The van der Waals surface area contributed by atoms with Crippen molar-refractivity contribution >= 4 is 0 Å². The van der Waals surface area contributed by atoms with Crippen molar-refractivity contribution in [3.63, 3.8) is 0 Å². The maximum atomic E-state index is 15.2. The Morgan fingerprint density at radius 1 is 0.711 bits per heavy atom. The second-order valence-electron chi connectivity index (χ2n) is 14.0. The Balaban J connectivity index is 0.00000253. The van der Waals surface area contributed by atoms with Crippen LogP contribution in [0.4, 0.5) is 8.78 Å². The highest BCUT2D eigenvalue weighted by Gasteiger charge is 2.52. The molecule has 5 aliphatic carbocycles. The van der Waals surface area contributed by atoms with E-state index in [4.69, 9.17) is 4.74 Å². The fourth-order valence-corrected chi connectivity index (χ4v) is 9.15. The lowest BCUT2D eigenvalue weighted by Crippen LogP contribution is -2.47. The lowest BCUT2D eigenvalue weighted by molar-refractivity contribution is -0.119. The molecule has 226 valence electrons. The van der Waals surface area contributed by atoms with Crippen molar-refractivity contribution in [2.24, 2.45) is 28.6 Å². The summed E-state index contributed by atoms with van der Waals surface area (Å²) in [7, 11) is 0. The number of hydrogen-bond donors (Lipinski definition) is 0. The van der Waals surface area contributed by atoms with Crippen molar-refractivity contribution in [3.8, 4) is 0 Å². The van der Waals surface area contributed by atoms with Gasteiger partial charge in [0, 0.05) is 0 Å². The molecule has 0 aliphatic heterocycles. The molecular formula is C33H62F2O3. The zero-order valence-electron chi connectivity index (χ0n) is 25.1. The molecule has 2 bridgehead atoms. The maximum Gasteiger partial charge on any atom is 0.129 e. The van der Waals surface area contributed by atoms with Gasteiger partial charge >= 0.3 is 0 Å². The van der Waals surface area contributed by atoms with Gasteiger partial charge in [-0.1, -0.05) is 58.8 Å². The van der Waals surface area contributed by atoms with Crippen molar-refractivity contribution in [2.75, 3.05) is 0 Å². The third kappa shape index (κ3) is 8.15. The highest BCUT2D eigenvalue weighted by atomic mass is 19.1. The first-order valence-electron chi connectivity index (χ1n) is 16.3. The van der Waals surface area contributed by atoms with E-state index in [9.17, 15) is 0 Å². The van der Waals surface area contributed by atoms with Crippen LogP contribution in [0.2, 0.25) is 0 Å². The molecule has 5 saturated carbocycles. The molecular weight excluding hydrogens is 482 g/mol. The first kappa shape index (κ1) is 33.9. The van der Waals surface area contributed by atoms with E-state index in [1.807, 2.05) is 6.92 Å². The van der Waals surface area contributed by atoms with Crippen molar-refractivity contribution in [3.05, 3.63) is 0 Å². The summed E-state index contributed by atoms with van der Waals surface area (Å²) >= 11 is 0. The Hall–Kier alpha value is -0.260. The molecule has 5 heteroatoms. The molecule has 5 aliphatic rings. The molecule has 3 atom stereocenters. The molecule has 0 radical (unpaired) electrons. The van der Waals surface area contributed by atoms with E-state index in [2.05, 4.69) is 13.8 Å². The van der Waals surface area contributed by atoms with E-state index < -0.39 is 18.4 Å². The summed E-state index contributed by atoms with van der Waals surface area (Å²) in [6.07, 6.45) is 23.1. The highest BCUT2D eigenvalue weighted by Crippen LogP contribution is 2.63. The summed E-state index contributed by atoms with van der Waals surface area (Å²) in [6.45, 7) is 6.53. The van der Waals surface area contributed by atoms with Gasteiger partial charge in [-0.2, -0.15) is 0 Å². The quantitative estimate of drug-likeness (QED) is 0.213. The molecule has 0 saturated heterocycles. The smallest absolute Gasteiger partial charge is 0.129 e. The van der Waals surface area contributed by atoms with Crippen LogP contribution in [0.3, 0.4) is 0 Å². The van der Waals surface area contributed by atoms with Gasteiger partial charge in [0.25, 0.3) is 0 Å². The molecule has 5 fully saturated rings. The summed E-state index contributed by atoms with van der Waals surface area (Å²) in [5.74, 6) is 1.62. The Morgan fingerprint density at radius 3 is 1.82 bits per heavy atom. The average molecular weight is 545 g/mol. The number of unbranched alkanes of at least 4 members (excludes halogenated alkanes) is 5. The first-order valence-corrected chi connectivity index (χ1v) is 16.3. The Labute approximate surface area is 233 Å². The number of alkyl halides is 2. The molecule has 0 aromatic carbocycles. The third-order valence-corrected chi connectivity index (χ3v) is 11.7. The third-order valence-electron chi connectivity index (χ3n) is 11.7. The van der Waals surface area contributed by atoms with Gasteiger partial charge in [-0.15, -0.1) is 0 Å². The molecule has 0 spiro atoms. The number of halogens is 2. The van der Waals surface area contributed by atoms with Gasteiger partial charge in [0.1, 0.15) is 18.4 Å². The molecule has 4 N–H and O–H groups in total. The normalized spacial score (nSPS) is 39.7. The highest BCUT2D eigenvalue weighted by molar-refractivity contribution is 5.03. The minimum Gasteiger partial charge on any atom is -0.412 e. The Morgan fingerprint density at radius 2 is 1.26 bits per heavy atom. The largest absolute Gasteiger partial charge is 0.412 e. The van der Waals surface area contributed by atoms with Crippen LogP contribution in [0.15, 0.2) is 0 Å². The van der Waals surface area contributed by atoms with Crippen LogP contribution in [-0.2, 0) is 4.74 Å². The average Bonchev–Trinajstić information content (AvgIpc) is 2.90.